The van der Waals surface area contributed by atoms with Gasteiger partial charge in [0.2, 0.25) is 5.91 Å². The highest BCUT2D eigenvalue weighted by Crippen LogP contribution is 2.39. The maximum absolute atomic E-state index is 12.3. The summed E-state index contributed by atoms with van der Waals surface area (Å²) in [7, 11) is 0. The van der Waals surface area contributed by atoms with Crippen molar-refractivity contribution in [1.82, 2.24) is 10.2 Å². The van der Waals surface area contributed by atoms with Crippen molar-refractivity contribution < 1.29 is 23.5 Å². The number of thiophene rings is 1. The zero-order valence-electron chi connectivity index (χ0n) is 18.9. The number of carbonyl (C=O) groups is 2. The topological polar surface area (TPSA) is 117 Å². The number of ether oxygens (including phenoxy) is 2. The molecule has 1 unspecified atom stereocenters. The first-order chi connectivity index (χ1) is 16.6. The first-order valence-electron chi connectivity index (χ1n) is 11.4. The summed E-state index contributed by atoms with van der Waals surface area (Å²) in [5, 5.41) is 15.8. The molecule has 0 aromatic carbocycles. The molecule has 180 valence electrons. The highest BCUT2D eigenvalue weighted by Gasteiger charge is 2.27. The Balaban J connectivity index is 1.25. The van der Waals surface area contributed by atoms with Crippen molar-refractivity contribution in [2.45, 2.75) is 19.3 Å². The molecule has 1 saturated heterocycles. The predicted molar refractivity (Wildman–Crippen MR) is 128 cm³/mol. The molecule has 2 aliphatic rings. The quantitative estimate of drug-likeness (QED) is 0.553. The normalized spacial score (nSPS) is 18.3. The molecule has 1 aliphatic carbocycles. The van der Waals surface area contributed by atoms with Crippen molar-refractivity contribution >= 4 is 34.4 Å². The summed E-state index contributed by atoms with van der Waals surface area (Å²) >= 11 is 1.42. The van der Waals surface area contributed by atoms with Crippen LogP contribution in [0.2, 0.25) is 0 Å². The van der Waals surface area contributed by atoms with Crippen LogP contribution in [0.15, 0.2) is 28.9 Å². The standard InChI is InChI=1S/C24H28N4O5S/c25-15-20-19-5-3-17(16-33-24(30)26-7-8-28-9-12-31-13-10-28)14-21(19)34-23(20)27-22(29)6-4-18-2-1-11-32-18/h1-2,4,6,11,17H,3,5,7-10,12-14,16H2,(H,26,30)(H,27,29)/b6-4+. The van der Waals surface area contributed by atoms with Gasteiger partial charge in [-0.2, -0.15) is 5.26 Å². The monoisotopic (exact) mass is 484 g/mol. The number of amides is 2. The van der Waals surface area contributed by atoms with E-state index in [-0.39, 0.29) is 11.8 Å². The van der Waals surface area contributed by atoms with E-state index in [4.69, 9.17) is 13.9 Å². The van der Waals surface area contributed by atoms with Crippen molar-refractivity contribution in [3.05, 3.63) is 46.2 Å². The van der Waals surface area contributed by atoms with E-state index in [1.807, 2.05) is 0 Å². The fourth-order valence-corrected chi connectivity index (χ4v) is 5.40. The number of carbonyl (C=O) groups excluding carboxylic acids is 2. The van der Waals surface area contributed by atoms with Crippen LogP contribution in [-0.2, 0) is 27.1 Å². The van der Waals surface area contributed by atoms with E-state index in [1.165, 1.54) is 23.7 Å². The number of alkyl carbamates (subject to hydrolysis) is 1. The van der Waals surface area contributed by atoms with Gasteiger partial charge < -0.3 is 24.5 Å². The van der Waals surface area contributed by atoms with Crippen LogP contribution >= 0.6 is 11.3 Å². The van der Waals surface area contributed by atoms with Gasteiger partial charge in [-0.15, -0.1) is 11.3 Å². The second-order valence-electron chi connectivity index (χ2n) is 8.25. The highest BCUT2D eigenvalue weighted by atomic mass is 32.1. The Kier molecular flexibility index (Phi) is 8.36. The molecule has 1 fully saturated rings. The minimum absolute atomic E-state index is 0.185. The van der Waals surface area contributed by atoms with Crippen LogP contribution in [0.25, 0.3) is 6.08 Å². The number of nitrogens with one attached hydrogen (secondary N) is 2. The molecule has 10 heteroatoms. The Labute approximate surface area is 202 Å². The van der Waals surface area contributed by atoms with Gasteiger partial charge in [0.05, 0.1) is 31.6 Å². The van der Waals surface area contributed by atoms with E-state index in [9.17, 15) is 14.9 Å². The van der Waals surface area contributed by atoms with Crippen LogP contribution in [0.1, 0.15) is 28.2 Å². The smallest absolute Gasteiger partial charge is 0.407 e. The third-order valence-electron chi connectivity index (χ3n) is 5.91. The second kappa shape index (κ2) is 11.8. The van der Waals surface area contributed by atoms with E-state index < -0.39 is 6.09 Å². The Morgan fingerprint density at radius 3 is 2.97 bits per heavy atom. The Hall–Kier alpha value is -3.13. The maximum atomic E-state index is 12.3. The summed E-state index contributed by atoms with van der Waals surface area (Å²) in [6.07, 6.45) is 6.35. The first kappa shape index (κ1) is 24.0. The van der Waals surface area contributed by atoms with Gasteiger partial charge in [0, 0.05) is 37.1 Å². The van der Waals surface area contributed by atoms with E-state index in [0.29, 0.717) is 35.9 Å². The second-order valence-corrected chi connectivity index (χ2v) is 9.35. The van der Waals surface area contributed by atoms with Gasteiger partial charge >= 0.3 is 6.09 Å². The molecule has 0 spiro atoms. The number of anilines is 1. The Morgan fingerprint density at radius 1 is 1.35 bits per heavy atom. The predicted octanol–water partition coefficient (Wildman–Crippen LogP) is 3.03. The van der Waals surface area contributed by atoms with Gasteiger partial charge in [0.1, 0.15) is 16.8 Å². The highest BCUT2D eigenvalue weighted by molar-refractivity contribution is 7.16. The molecule has 0 radical (unpaired) electrons. The Bertz CT molecular complexity index is 1050. The first-order valence-corrected chi connectivity index (χ1v) is 12.2. The molecule has 2 aromatic rings. The zero-order chi connectivity index (χ0) is 23.8. The molecule has 2 aromatic heterocycles. The molecule has 9 nitrogen and oxygen atoms in total. The van der Waals surface area contributed by atoms with Crippen molar-refractivity contribution in [1.29, 1.82) is 5.26 Å². The molecule has 34 heavy (non-hydrogen) atoms. The van der Waals surface area contributed by atoms with Crippen LogP contribution in [0.4, 0.5) is 9.80 Å². The molecular formula is C24H28N4O5S. The zero-order valence-corrected chi connectivity index (χ0v) is 19.7. The summed E-state index contributed by atoms with van der Waals surface area (Å²) in [5.74, 6) is 0.444. The molecule has 0 saturated carbocycles. The fourth-order valence-electron chi connectivity index (χ4n) is 4.09. The minimum Gasteiger partial charge on any atom is -0.465 e. The lowest BCUT2D eigenvalue weighted by Crippen LogP contribution is -2.41. The molecular weight excluding hydrogens is 456 g/mol. The third-order valence-corrected chi connectivity index (χ3v) is 7.08. The number of rotatable bonds is 8. The van der Waals surface area contributed by atoms with Gasteiger partial charge in [-0.05, 0) is 49.0 Å². The molecule has 2 amide bonds. The van der Waals surface area contributed by atoms with Crippen molar-refractivity contribution in [3.8, 4) is 6.07 Å². The van der Waals surface area contributed by atoms with Gasteiger partial charge in [-0.1, -0.05) is 0 Å². The lowest BCUT2D eigenvalue weighted by molar-refractivity contribution is -0.111. The fraction of sp³-hybridized carbons (Fsp3) is 0.458. The largest absolute Gasteiger partial charge is 0.465 e. The average Bonchev–Trinajstić information content (AvgIpc) is 3.49. The number of hydrogen-bond acceptors (Lipinski definition) is 8. The van der Waals surface area contributed by atoms with Crippen LogP contribution in [-0.4, -0.2) is 62.9 Å². The summed E-state index contributed by atoms with van der Waals surface area (Å²) in [5.41, 5.74) is 1.52. The Morgan fingerprint density at radius 2 is 2.21 bits per heavy atom. The van der Waals surface area contributed by atoms with Gasteiger partial charge in [-0.3, -0.25) is 9.69 Å². The van der Waals surface area contributed by atoms with Gasteiger partial charge in [0.15, 0.2) is 0 Å². The maximum Gasteiger partial charge on any atom is 0.407 e. The lowest BCUT2D eigenvalue weighted by Gasteiger charge is -2.26. The van der Waals surface area contributed by atoms with Crippen LogP contribution < -0.4 is 10.6 Å². The molecule has 1 aliphatic heterocycles. The minimum atomic E-state index is -0.403. The van der Waals surface area contributed by atoms with Crippen LogP contribution in [0.3, 0.4) is 0 Å². The van der Waals surface area contributed by atoms with E-state index >= 15 is 0 Å². The summed E-state index contributed by atoms with van der Waals surface area (Å²) < 4.78 is 15.9. The average molecular weight is 485 g/mol. The molecule has 3 heterocycles. The number of furan rings is 1. The summed E-state index contributed by atoms with van der Waals surface area (Å²) in [4.78, 5) is 27.7. The summed E-state index contributed by atoms with van der Waals surface area (Å²) in [6.45, 7) is 4.89. The van der Waals surface area contributed by atoms with E-state index in [1.54, 1.807) is 18.2 Å². The molecule has 1 atom stereocenters. The van der Waals surface area contributed by atoms with Crippen LogP contribution in [0, 0.1) is 17.2 Å². The van der Waals surface area contributed by atoms with Crippen LogP contribution in [0.5, 0.6) is 0 Å². The van der Waals surface area contributed by atoms with Gasteiger partial charge in [0.25, 0.3) is 0 Å². The lowest BCUT2D eigenvalue weighted by atomic mass is 9.88. The van der Waals surface area contributed by atoms with Crippen molar-refractivity contribution in [2.24, 2.45) is 5.92 Å². The van der Waals surface area contributed by atoms with E-state index in [0.717, 1.165) is 56.1 Å². The number of nitriles is 1. The third kappa shape index (κ3) is 6.47. The number of hydrogen-bond donors (Lipinski definition) is 2. The molecule has 4 rings (SSSR count). The van der Waals surface area contributed by atoms with Crippen molar-refractivity contribution in [3.63, 3.8) is 0 Å². The van der Waals surface area contributed by atoms with Crippen molar-refractivity contribution in [2.75, 3.05) is 51.3 Å². The molecule has 0 bridgehead atoms. The number of nitrogens with zero attached hydrogens (tertiary/aromatic N) is 2. The molecule has 2 N–H and O–H groups in total. The van der Waals surface area contributed by atoms with E-state index in [2.05, 4.69) is 21.6 Å². The number of morpholine rings is 1. The summed E-state index contributed by atoms with van der Waals surface area (Å²) in [6, 6.07) is 5.73. The van der Waals surface area contributed by atoms with Gasteiger partial charge in [-0.25, -0.2) is 4.79 Å². The SMILES string of the molecule is N#Cc1c(NC(=O)/C=C/c2ccco2)sc2c1CCC(COC(=O)NCCN1CCOCC1)C2. The number of fused-ring (bicyclic) bond motifs is 1.